The fourth-order valence-electron chi connectivity index (χ4n) is 5.56. The fourth-order valence-corrected chi connectivity index (χ4v) is 5.56. The highest BCUT2D eigenvalue weighted by atomic mass is 16.6. The summed E-state index contributed by atoms with van der Waals surface area (Å²) < 4.78 is 17.0. The number of benzene rings is 1. The summed E-state index contributed by atoms with van der Waals surface area (Å²) in [6, 6.07) is 8.44. The van der Waals surface area contributed by atoms with Crippen molar-refractivity contribution in [3.05, 3.63) is 59.0 Å². The molecule has 42 heavy (non-hydrogen) atoms. The Morgan fingerprint density at radius 2 is 1.81 bits per heavy atom. The Morgan fingerprint density at radius 1 is 1.02 bits per heavy atom. The van der Waals surface area contributed by atoms with Gasteiger partial charge in [-0.15, -0.1) is 0 Å². The number of amides is 1. The van der Waals surface area contributed by atoms with Gasteiger partial charge < -0.3 is 24.4 Å². The van der Waals surface area contributed by atoms with Gasteiger partial charge in [0, 0.05) is 43.6 Å². The normalized spacial score (nSPS) is 17.2. The maximum absolute atomic E-state index is 13.1. The van der Waals surface area contributed by atoms with Crippen LogP contribution in [0.3, 0.4) is 0 Å². The molecule has 1 aromatic carbocycles. The van der Waals surface area contributed by atoms with Crippen LogP contribution in [0.25, 0.3) is 0 Å². The molecule has 1 N–H and O–H groups in total. The maximum atomic E-state index is 13.1. The second-order valence-corrected chi connectivity index (χ2v) is 12.0. The highest BCUT2D eigenvalue weighted by Gasteiger charge is 2.32. The number of morpholine rings is 1. The Morgan fingerprint density at radius 3 is 2.57 bits per heavy atom. The smallest absolute Gasteiger partial charge is 0.415 e. The van der Waals surface area contributed by atoms with Crippen LogP contribution in [0.15, 0.2) is 36.7 Å². The van der Waals surface area contributed by atoms with Crippen molar-refractivity contribution in [3.8, 4) is 5.88 Å². The average molecular weight is 574 g/mol. The van der Waals surface area contributed by atoms with Crippen molar-refractivity contribution in [3.63, 3.8) is 0 Å². The van der Waals surface area contributed by atoms with Crippen molar-refractivity contribution in [2.45, 2.75) is 52.8 Å². The van der Waals surface area contributed by atoms with Gasteiger partial charge in [-0.05, 0) is 57.4 Å². The van der Waals surface area contributed by atoms with Crippen molar-refractivity contribution in [1.82, 2.24) is 19.9 Å². The van der Waals surface area contributed by atoms with E-state index >= 15 is 0 Å². The summed E-state index contributed by atoms with van der Waals surface area (Å²) in [5.74, 6) is 1.02. The van der Waals surface area contributed by atoms with E-state index in [-0.39, 0.29) is 0 Å². The first kappa shape index (κ1) is 28.2. The lowest BCUT2D eigenvalue weighted by Gasteiger charge is -2.35. The number of hydrogen-bond acceptors (Lipinski definition) is 10. The van der Waals surface area contributed by atoms with Crippen LogP contribution in [-0.4, -0.2) is 77.5 Å². The minimum Gasteiger partial charge on any atom is -0.474 e. The van der Waals surface area contributed by atoms with E-state index in [1.165, 1.54) is 5.56 Å². The standard InChI is InChI=1S/C31H39N7O4/c1-21-26(18-32-28-27(21)38(13-16-41-28)30(39)42-31(2,3)4)37-10-9-23-17-33-29(35-25(23)20-37)34-24-7-5-22(6-8-24)19-36-11-14-40-15-12-36/h5-8,17-18H,9-16,19-20H2,1-4H3,(H,33,34,35). The zero-order valence-electron chi connectivity index (χ0n) is 24.9. The Labute approximate surface area is 246 Å². The third-order valence-electron chi connectivity index (χ3n) is 7.69. The minimum absolute atomic E-state index is 0.373. The Hall–Kier alpha value is -3.96. The predicted octanol–water partition coefficient (Wildman–Crippen LogP) is 4.45. The number of pyridine rings is 1. The maximum Gasteiger partial charge on any atom is 0.415 e. The molecule has 3 aliphatic rings. The molecule has 0 atom stereocenters. The summed E-state index contributed by atoms with van der Waals surface area (Å²) in [7, 11) is 0. The molecular formula is C31H39N7O4. The van der Waals surface area contributed by atoms with Crippen molar-refractivity contribution < 1.29 is 19.0 Å². The SMILES string of the molecule is Cc1c(N2CCc3cnc(Nc4ccc(CN5CCOCC5)cc4)nc3C2)cnc2c1N(C(=O)OC(C)(C)C)CCO2. The molecule has 2 aromatic heterocycles. The van der Waals surface area contributed by atoms with E-state index in [1.54, 1.807) is 4.90 Å². The predicted molar refractivity (Wildman–Crippen MR) is 161 cm³/mol. The summed E-state index contributed by atoms with van der Waals surface area (Å²) in [4.78, 5) is 33.4. The second kappa shape index (κ2) is 11.7. The molecule has 0 saturated carbocycles. The number of nitrogens with zero attached hydrogens (tertiary/aromatic N) is 6. The van der Waals surface area contributed by atoms with Gasteiger partial charge in [0.1, 0.15) is 17.9 Å². The van der Waals surface area contributed by atoms with E-state index in [1.807, 2.05) is 40.1 Å². The molecule has 1 saturated heterocycles. The molecule has 0 unspecified atom stereocenters. The van der Waals surface area contributed by atoms with Gasteiger partial charge in [-0.3, -0.25) is 9.80 Å². The first-order chi connectivity index (χ1) is 20.2. The number of anilines is 4. The van der Waals surface area contributed by atoms with E-state index < -0.39 is 11.7 Å². The number of nitrogens with one attached hydrogen (secondary N) is 1. The van der Waals surface area contributed by atoms with E-state index in [0.29, 0.717) is 37.2 Å². The number of aromatic nitrogens is 3. The van der Waals surface area contributed by atoms with E-state index in [2.05, 4.69) is 49.4 Å². The monoisotopic (exact) mass is 573 g/mol. The highest BCUT2D eigenvalue weighted by Crippen LogP contribution is 2.39. The lowest BCUT2D eigenvalue weighted by atomic mass is 10.0. The molecule has 1 fully saturated rings. The van der Waals surface area contributed by atoms with Gasteiger partial charge in [-0.1, -0.05) is 12.1 Å². The number of ether oxygens (including phenoxy) is 3. The lowest BCUT2D eigenvalue weighted by molar-refractivity contribution is 0.0342. The molecule has 0 spiro atoms. The molecule has 222 valence electrons. The summed E-state index contributed by atoms with van der Waals surface area (Å²) in [6.45, 7) is 14.3. The molecule has 11 nitrogen and oxygen atoms in total. The number of carbonyl (C=O) groups excluding carboxylic acids is 1. The van der Waals surface area contributed by atoms with Gasteiger partial charge in [0.25, 0.3) is 0 Å². The van der Waals surface area contributed by atoms with Crippen LogP contribution in [0.5, 0.6) is 5.88 Å². The molecule has 0 bridgehead atoms. The third kappa shape index (κ3) is 6.27. The fraction of sp³-hybridized carbons (Fsp3) is 0.484. The molecule has 11 heteroatoms. The summed E-state index contributed by atoms with van der Waals surface area (Å²) in [5, 5.41) is 3.37. The molecular weight excluding hydrogens is 534 g/mol. The minimum atomic E-state index is -0.596. The Balaban J connectivity index is 1.17. The van der Waals surface area contributed by atoms with Gasteiger partial charge in [0.2, 0.25) is 11.8 Å². The Bertz CT molecular complexity index is 1430. The second-order valence-electron chi connectivity index (χ2n) is 12.0. The number of fused-ring (bicyclic) bond motifs is 2. The van der Waals surface area contributed by atoms with E-state index in [0.717, 1.165) is 74.0 Å². The van der Waals surface area contributed by atoms with E-state index in [4.69, 9.17) is 19.2 Å². The molecule has 1 amide bonds. The zero-order valence-corrected chi connectivity index (χ0v) is 24.9. The first-order valence-electron chi connectivity index (χ1n) is 14.6. The molecule has 5 heterocycles. The van der Waals surface area contributed by atoms with Gasteiger partial charge >= 0.3 is 6.09 Å². The number of rotatable bonds is 5. The van der Waals surface area contributed by atoms with Crippen molar-refractivity contribution in [2.75, 3.05) is 61.1 Å². The average Bonchev–Trinajstić information content (AvgIpc) is 2.97. The lowest BCUT2D eigenvalue weighted by Crippen LogP contribution is -2.42. The molecule has 3 aromatic rings. The number of hydrogen-bond donors (Lipinski definition) is 1. The van der Waals surface area contributed by atoms with Crippen molar-refractivity contribution in [2.24, 2.45) is 0 Å². The van der Waals surface area contributed by atoms with Crippen LogP contribution >= 0.6 is 0 Å². The van der Waals surface area contributed by atoms with Crippen LogP contribution in [0.1, 0.15) is 43.2 Å². The van der Waals surface area contributed by atoms with Crippen LogP contribution in [0, 0.1) is 6.92 Å². The van der Waals surface area contributed by atoms with Crippen LogP contribution in [0.4, 0.5) is 27.8 Å². The molecule has 6 rings (SSSR count). The van der Waals surface area contributed by atoms with Gasteiger partial charge in [0.05, 0.1) is 43.9 Å². The van der Waals surface area contributed by atoms with Gasteiger partial charge in [-0.25, -0.2) is 19.7 Å². The third-order valence-corrected chi connectivity index (χ3v) is 7.69. The van der Waals surface area contributed by atoms with Crippen molar-refractivity contribution >= 4 is 29.1 Å². The van der Waals surface area contributed by atoms with E-state index in [9.17, 15) is 4.79 Å². The largest absolute Gasteiger partial charge is 0.474 e. The molecule has 0 radical (unpaired) electrons. The van der Waals surface area contributed by atoms with Gasteiger partial charge in [-0.2, -0.15) is 0 Å². The number of carbonyl (C=O) groups is 1. The van der Waals surface area contributed by atoms with Gasteiger partial charge in [0.15, 0.2) is 0 Å². The quantitative estimate of drug-likeness (QED) is 0.471. The summed E-state index contributed by atoms with van der Waals surface area (Å²) in [5.41, 5.74) is 6.28. The van der Waals surface area contributed by atoms with Crippen LogP contribution in [-0.2, 0) is 29.0 Å². The van der Waals surface area contributed by atoms with Crippen LogP contribution in [0.2, 0.25) is 0 Å². The molecule has 0 aliphatic carbocycles. The zero-order chi connectivity index (χ0) is 29.3. The first-order valence-corrected chi connectivity index (χ1v) is 14.6. The van der Waals surface area contributed by atoms with Crippen LogP contribution < -0.4 is 19.9 Å². The molecule has 3 aliphatic heterocycles. The topological polar surface area (TPSA) is 105 Å². The summed E-state index contributed by atoms with van der Waals surface area (Å²) in [6.07, 6.45) is 4.17. The summed E-state index contributed by atoms with van der Waals surface area (Å²) >= 11 is 0. The highest BCUT2D eigenvalue weighted by molar-refractivity contribution is 5.92. The Kier molecular flexibility index (Phi) is 7.87. The van der Waals surface area contributed by atoms with Crippen molar-refractivity contribution in [1.29, 1.82) is 0 Å².